The van der Waals surface area contributed by atoms with Crippen molar-refractivity contribution in [3.8, 4) is 17.1 Å². The first kappa shape index (κ1) is 11.8. The molecule has 96 valence electrons. The molecular formula is C16H16N2O. The molecule has 0 atom stereocenters. The summed E-state index contributed by atoms with van der Waals surface area (Å²) in [6, 6.07) is 9.68. The second-order valence-electron chi connectivity index (χ2n) is 5.06. The van der Waals surface area contributed by atoms with Gasteiger partial charge in [0.15, 0.2) is 0 Å². The van der Waals surface area contributed by atoms with Gasteiger partial charge in [0.05, 0.1) is 16.6 Å². The third-order valence-electron chi connectivity index (χ3n) is 3.50. The molecule has 0 saturated carbocycles. The van der Waals surface area contributed by atoms with Gasteiger partial charge in [0.1, 0.15) is 11.6 Å². The highest BCUT2D eigenvalue weighted by molar-refractivity contribution is 5.82. The number of fused-ring (bicyclic) bond motifs is 1. The Balaban J connectivity index is 2.23. The van der Waals surface area contributed by atoms with Crippen LogP contribution in [0.3, 0.4) is 0 Å². The Morgan fingerprint density at radius 1 is 1.00 bits per heavy atom. The molecule has 19 heavy (non-hydrogen) atoms. The highest BCUT2D eigenvalue weighted by Gasteiger charge is 2.10. The Bertz CT molecular complexity index is 733. The Morgan fingerprint density at radius 2 is 1.74 bits per heavy atom. The topological polar surface area (TPSA) is 48.9 Å². The minimum atomic E-state index is 0.248. The van der Waals surface area contributed by atoms with Crippen molar-refractivity contribution in [3.63, 3.8) is 0 Å². The van der Waals surface area contributed by atoms with E-state index in [-0.39, 0.29) is 5.75 Å². The van der Waals surface area contributed by atoms with Gasteiger partial charge in [-0.1, -0.05) is 11.6 Å². The molecule has 0 bridgehead atoms. The third-order valence-corrected chi connectivity index (χ3v) is 3.50. The van der Waals surface area contributed by atoms with E-state index in [9.17, 15) is 5.11 Å². The molecule has 2 N–H and O–H groups in total. The van der Waals surface area contributed by atoms with Gasteiger partial charge < -0.3 is 10.1 Å². The number of nitrogens with one attached hydrogen (secondary N) is 1. The first-order chi connectivity index (χ1) is 9.04. The number of aromatic hydroxyl groups is 1. The minimum Gasteiger partial charge on any atom is -0.507 e. The number of nitrogens with zero attached hydrogens (tertiary/aromatic N) is 1. The number of hydrogen-bond donors (Lipinski definition) is 2. The second kappa shape index (κ2) is 4.12. The molecule has 1 heterocycles. The summed E-state index contributed by atoms with van der Waals surface area (Å²) in [6.07, 6.45) is 0. The summed E-state index contributed by atoms with van der Waals surface area (Å²) in [4.78, 5) is 7.85. The molecule has 3 nitrogen and oxygen atoms in total. The third kappa shape index (κ3) is 1.97. The van der Waals surface area contributed by atoms with Crippen LogP contribution >= 0.6 is 0 Å². The monoisotopic (exact) mass is 252 g/mol. The summed E-state index contributed by atoms with van der Waals surface area (Å²) >= 11 is 0. The highest BCUT2D eigenvalue weighted by Crippen LogP contribution is 2.30. The Labute approximate surface area is 111 Å². The van der Waals surface area contributed by atoms with E-state index >= 15 is 0 Å². The summed E-state index contributed by atoms with van der Waals surface area (Å²) in [6.45, 7) is 6.16. The lowest BCUT2D eigenvalue weighted by atomic mass is 10.1. The number of aromatic nitrogens is 2. The Kier molecular flexibility index (Phi) is 2.56. The zero-order chi connectivity index (χ0) is 13.6. The summed E-state index contributed by atoms with van der Waals surface area (Å²) in [5.74, 6) is 0.958. The van der Waals surface area contributed by atoms with Crippen LogP contribution in [0.2, 0.25) is 0 Å². The maximum Gasteiger partial charge on any atom is 0.142 e. The number of imidazole rings is 1. The van der Waals surface area contributed by atoms with Crippen LogP contribution in [-0.4, -0.2) is 15.1 Å². The van der Waals surface area contributed by atoms with E-state index < -0.39 is 0 Å². The number of benzene rings is 2. The van der Waals surface area contributed by atoms with Gasteiger partial charge in [-0.3, -0.25) is 0 Å². The van der Waals surface area contributed by atoms with Crippen LogP contribution in [0.4, 0.5) is 0 Å². The van der Waals surface area contributed by atoms with Crippen molar-refractivity contribution in [2.75, 3.05) is 0 Å². The van der Waals surface area contributed by atoms with Crippen molar-refractivity contribution in [1.82, 2.24) is 9.97 Å². The van der Waals surface area contributed by atoms with Crippen LogP contribution in [0.1, 0.15) is 16.7 Å². The van der Waals surface area contributed by atoms with Crippen molar-refractivity contribution in [3.05, 3.63) is 47.0 Å². The highest BCUT2D eigenvalue weighted by atomic mass is 16.3. The predicted octanol–water partition coefficient (Wildman–Crippen LogP) is 3.86. The zero-order valence-electron chi connectivity index (χ0n) is 11.3. The van der Waals surface area contributed by atoms with Crippen molar-refractivity contribution in [2.24, 2.45) is 0 Å². The Morgan fingerprint density at radius 3 is 2.53 bits per heavy atom. The molecule has 3 heteroatoms. The molecule has 0 radical (unpaired) electrons. The molecule has 0 saturated heterocycles. The normalized spacial score (nSPS) is 11.1. The van der Waals surface area contributed by atoms with Gasteiger partial charge in [0.25, 0.3) is 0 Å². The minimum absolute atomic E-state index is 0.248. The SMILES string of the molecule is Cc1ccc(O)c(-c2nc3cc(C)c(C)cc3[nH]2)c1. The van der Waals surface area contributed by atoms with Gasteiger partial charge in [-0.25, -0.2) is 4.98 Å². The molecule has 0 aliphatic carbocycles. The van der Waals surface area contributed by atoms with Crippen LogP contribution < -0.4 is 0 Å². The lowest BCUT2D eigenvalue weighted by molar-refractivity contribution is 0.477. The summed E-state index contributed by atoms with van der Waals surface area (Å²) in [5, 5.41) is 9.96. The molecule has 3 rings (SSSR count). The number of H-pyrrole nitrogens is 1. The van der Waals surface area contributed by atoms with Gasteiger partial charge in [-0.05, 0) is 56.2 Å². The van der Waals surface area contributed by atoms with Gasteiger partial charge in [0, 0.05) is 0 Å². The van der Waals surface area contributed by atoms with E-state index in [1.54, 1.807) is 6.07 Å². The summed E-state index contributed by atoms with van der Waals surface area (Å²) < 4.78 is 0. The van der Waals surface area contributed by atoms with E-state index in [4.69, 9.17) is 0 Å². The smallest absolute Gasteiger partial charge is 0.142 e. The molecule has 0 aliphatic rings. The average molecular weight is 252 g/mol. The van der Waals surface area contributed by atoms with Crippen molar-refractivity contribution in [1.29, 1.82) is 0 Å². The fourth-order valence-corrected chi connectivity index (χ4v) is 2.24. The Hall–Kier alpha value is -2.29. The van der Waals surface area contributed by atoms with Crippen LogP contribution in [0, 0.1) is 20.8 Å². The molecule has 0 amide bonds. The van der Waals surface area contributed by atoms with Crippen LogP contribution in [-0.2, 0) is 0 Å². The average Bonchev–Trinajstić information content (AvgIpc) is 2.75. The standard InChI is InChI=1S/C16H16N2O/c1-9-4-5-15(19)12(6-9)16-17-13-7-10(2)11(3)8-14(13)18-16/h4-8,19H,1-3H3,(H,17,18). The second-order valence-corrected chi connectivity index (χ2v) is 5.06. The van der Waals surface area contributed by atoms with Crippen molar-refractivity contribution in [2.45, 2.75) is 20.8 Å². The lowest BCUT2D eigenvalue weighted by Crippen LogP contribution is -1.83. The zero-order valence-corrected chi connectivity index (χ0v) is 11.3. The lowest BCUT2D eigenvalue weighted by Gasteiger charge is -2.01. The van der Waals surface area contributed by atoms with Crippen LogP contribution in [0.25, 0.3) is 22.4 Å². The van der Waals surface area contributed by atoms with Crippen molar-refractivity contribution < 1.29 is 5.11 Å². The quantitative estimate of drug-likeness (QED) is 0.691. The molecule has 0 spiro atoms. The predicted molar refractivity (Wildman–Crippen MR) is 77.4 cm³/mol. The van der Waals surface area contributed by atoms with Crippen molar-refractivity contribution >= 4 is 11.0 Å². The number of aromatic amines is 1. The fourth-order valence-electron chi connectivity index (χ4n) is 2.24. The van der Waals surface area contributed by atoms with Gasteiger partial charge in [-0.15, -0.1) is 0 Å². The molecule has 0 fully saturated rings. The number of aryl methyl sites for hydroxylation is 3. The number of phenolic OH excluding ortho intramolecular Hbond substituents is 1. The van der Waals surface area contributed by atoms with Gasteiger partial charge >= 0.3 is 0 Å². The van der Waals surface area contributed by atoms with E-state index in [1.807, 2.05) is 19.1 Å². The maximum atomic E-state index is 9.96. The van der Waals surface area contributed by atoms with E-state index in [0.29, 0.717) is 5.82 Å². The maximum absolute atomic E-state index is 9.96. The molecule has 1 aromatic heterocycles. The fraction of sp³-hybridized carbons (Fsp3) is 0.188. The van der Waals surface area contributed by atoms with Crippen LogP contribution in [0.15, 0.2) is 30.3 Å². The van der Waals surface area contributed by atoms with E-state index in [0.717, 1.165) is 22.2 Å². The van der Waals surface area contributed by atoms with Gasteiger partial charge in [-0.2, -0.15) is 0 Å². The van der Waals surface area contributed by atoms with Crippen LogP contribution in [0.5, 0.6) is 5.75 Å². The summed E-state index contributed by atoms with van der Waals surface area (Å²) in [5.41, 5.74) is 6.22. The summed E-state index contributed by atoms with van der Waals surface area (Å²) in [7, 11) is 0. The molecule has 0 unspecified atom stereocenters. The van der Waals surface area contributed by atoms with E-state index in [2.05, 4.69) is 35.9 Å². The number of rotatable bonds is 1. The number of phenols is 1. The molecule has 3 aromatic rings. The van der Waals surface area contributed by atoms with E-state index in [1.165, 1.54) is 11.1 Å². The first-order valence-corrected chi connectivity index (χ1v) is 6.31. The van der Waals surface area contributed by atoms with Gasteiger partial charge in [0.2, 0.25) is 0 Å². The molecular weight excluding hydrogens is 236 g/mol. The number of hydrogen-bond acceptors (Lipinski definition) is 2. The largest absolute Gasteiger partial charge is 0.507 e. The molecule has 2 aromatic carbocycles. The molecule has 0 aliphatic heterocycles. The first-order valence-electron chi connectivity index (χ1n) is 6.31.